The van der Waals surface area contributed by atoms with Gasteiger partial charge in [0.25, 0.3) is 0 Å². The Morgan fingerprint density at radius 3 is 2.35 bits per heavy atom. The van der Waals surface area contributed by atoms with Crippen LogP contribution in [-0.2, 0) is 0 Å². The van der Waals surface area contributed by atoms with Crippen molar-refractivity contribution in [1.82, 2.24) is 4.98 Å². The van der Waals surface area contributed by atoms with Gasteiger partial charge in [0.15, 0.2) is 11.5 Å². The molecule has 0 aliphatic carbocycles. The Morgan fingerprint density at radius 2 is 1.68 bits per heavy atom. The van der Waals surface area contributed by atoms with Crippen molar-refractivity contribution in [3.05, 3.63) is 89.3 Å². The van der Waals surface area contributed by atoms with Crippen molar-refractivity contribution in [2.24, 2.45) is 0 Å². The Morgan fingerprint density at radius 1 is 0.919 bits per heavy atom. The van der Waals surface area contributed by atoms with Crippen LogP contribution in [0.25, 0.3) is 32.6 Å². The van der Waals surface area contributed by atoms with E-state index >= 15 is 0 Å². The summed E-state index contributed by atoms with van der Waals surface area (Å²) in [7, 11) is 3.21. The van der Waals surface area contributed by atoms with Crippen LogP contribution in [0.2, 0.25) is 0 Å². The average molecular weight is 511 g/mol. The Hall–Kier alpha value is -4.36. The molecule has 0 radical (unpaired) electrons. The number of nitrogen functional groups attached to an aromatic ring is 1. The van der Waals surface area contributed by atoms with E-state index in [-0.39, 0.29) is 5.78 Å². The number of hydrogen-bond acceptors (Lipinski definition) is 7. The number of benzene rings is 3. The summed E-state index contributed by atoms with van der Waals surface area (Å²) in [5.74, 6) is 1.74. The lowest BCUT2D eigenvalue weighted by atomic mass is 9.97. The van der Waals surface area contributed by atoms with Crippen LogP contribution in [0.3, 0.4) is 0 Å². The molecule has 0 fully saturated rings. The number of nitrogens with two attached hydrogens (primary N) is 1. The number of ketones is 1. The van der Waals surface area contributed by atoms with E-state index < -0.39 is 0 Å². The summed E-state index contributed by atoms with van der Waals surface area (Å²) in [6.07, 6.45) is 0. The van der Waals surface area contributed by atoms with Crippen LogP contribution in [0.15, 0.2) is 78.9 Å². The van der Waals surface area contributed by atoms with Crippen LogP contribution >= 0.6 is 11.3 Å². The molecule has 3 aromatic carbocycles. The van der Waals surface area contributed by atoms with Crippen molar-refractivity contribution >= 4 is 33.0 Å². The number of methoxy groups -OCH3 is 2. The van der Waals surface area contributed by atoms with Gasteiger partial charge in [-0.2, -0.15) is 0 Å². The normalized spacial score (nSPS) is 10.9. The van der Waals surface area contributed by atoms with Crippen molar-refractivity contribution < 1.29 is 19.0 Å². The SMILES string of the molecule is CCOc1ccc(C(=O)c2sc3nc(-c4ccccc4)cc(-c4cccc(OC)c4OC)c3c2N)cc1. The minimum atomic E-state index is -0.159. The molecule has 2 N–H and O–H groups in total. The first-order chi connectivity index (χ1) is 18.0. The van der Waals surface area contributed by atoms with E-state index in [1.54, 1.807) is 38.5 Å². The number of para-hydroxylation sites is 1. The van der Waals surface area contributed by atoms with Gasteiger partial charge in [-0.1, -0.05) is 42.5 Å². The predicted molar refractivity (Wildman–Crippen MR) is 149 cm³/mol. The smallest absolute Gasteiger partial charge is 0.205 e. The molecule has 5 aromatic rings. The zero-order chi connectivity index (χ0) is 25.9. The molecule has 0 spiro atoms. The van der Waals surface area contributed by atoms with Gasteiger partial charge in [0.1, 0.15) is 15.5 Å². The number of carbonyl (C=O) groups is 1. The molecular weight excluding hydrogens is 484 g/mol. The maximum absolute atomic E-state index is 13.5. The molecule has 186 valence electrons. The average Bonchev–Trinajstić information content (AvgIpc) is 3.28. The number of carbonyl (C=O) groups excluding carboxylic acids is 1. The maximum Gasteiger partial charge on any atom is 0.205 e. The third-order valence-electron chi connectivity index (χ3n) is 6.10. The molecule has 0 aliphatic heterocycles. The highest BCUT2D eigenvalue weighted by Gasteiger charge is 2.24. The second-order valence-corrected chi connectivity index (χ2v) is 9.27. The minimum absolute atomic E-state index is 0.159. The standard InChI is InChI=1S/C30H26N2O4S/c1-4-36-20-15-13-19(14-16-20)27(33)29-26(31)25-22(21-11-8-12-24(34-2)28(21)35-3)17-23(32-30(25)37-29)18-9-6-5-7-10-18/h5-17H,4,31H2,1-3H3. The summed E-state index contributed by atoms with van der Waals surface area (Å²) in [4.78, 5) is 19.6. The van der Waals surface area contributed by atoms with Gasteiger partial charge < -0.3 is 19.9 Å². The summed E-state index contributed by atoms with van der Waals surface area (Å²) in [6, 6.07) is 24.7. The van der Waals surface area contributed by atoms with E-state index in [1.165, 1.54) is 11.3 Å². The summed E-state index contributed by atoms with van der Waals surface area (Å²) in [6.45, 7) is 2.48. The molecule has 7 heteroatoms. The van der Waals surface area contributed by atoms with E-state index in [0.717, 1.165) is 22.4 Å². The zero-order valence-electron chi connectivity index (χ0n) is 20.8. The molecule has 2 heterocycles. The molecule has 0 atom stereocenters. The Balaban J connectivity index is 1.74. The molecule has 5 rings (SSSR count). The molecule has 0 aliphatic rings. The van der Waals surface area contributed by atoms with Gasteiger partial charge in [-0.3, -0.25) is 4.79 Å². The molecule has 6 nitrogen and oxygen atoms in total. The lowest BCUT2D eigenvalue weighted by Gasteiger charge is -2.15. The van der Waals surface area contributed by atoms with Gasteiger partial charge >= 0.3 is 0 Å². The highest BCUT2D eigenvalue weighted by Crippen LogP contribution is 2.46. The lowest BCUT2D eigenvalue weighted by Crippen LogP contribution is -2.02. The molecule has 0 amide bonds. The van der Waals surface area contributed by atoms with E-state index in [0.29, 0.717) is 50.2 Å². The molecule has 2 aromatic heterocycles. The first-order valence-corrected chi connectivity index (χ1v) is 12.6. The highest BCUT2D eigenvalue weighted by atomic mass is 32.1. The molecular formula is C30H26N2O4S. The van der Waals surface area contributed by atoms with Crippen LogP contribution in [0.5, 0.6) is 17.2 Å². The number of ether oxygens (including phenoxy) is 3. The fourth-order valence-electron chi connectivity index (χ4n) is 4.36. The predicted octanol–water partition coefficient (Wildman–Crippen LogP) is 6.86. The number of fused-ring (bicyclic) bond motifs is 1. The quantitative estimate of drug-likeness (QED) is 0.230. The van der Waals surface area contributed by atoms with E-state index in [2.05, 4.69) is 0 Å². The molecule has 0 bridgehead atoms. The molecule has 37 heavy (non-hydrogen) atoms. The highest BCUT2D eigenvalue weighted by molar-refractivity contribution is 7.21. The van der Waals surface area contributed by atoms with Crippen molar-refractivity contribution in [3.63, 3.8) is 0 Å². The summed E-state index contributed by atoms with van der Waals surface area (Å²) in [5, 5.41) is 0.713. The number of aromatic nitrogens is 1. The zero-order valence-corrected chi connectivity index (χ0v) is 21.6. The second kappa shape index (κ2) is 10.3. The summed E-state index contributed by atoms with van der Waals surface area (Å²) < 4.78 is 16.8. The van der Waals surface area contributed by atoms with Gasteiger partial charge in [0.2, 0.25) is 5.78 Å². The van der Waals surface area contributed by atoms with Gasteiger partial charge in [0.05, 0.1) is 32.2 Å². The number of rotatable bonds is 8. The van der Waals surface area contributed by atoms with Crippen LogP contribution < -0.4 is 19.9 Å². The van der Waals surface area contributed by atoms with Crippen molar-refractivity contribution in [2.75, 3.05) is 26.6 Å². The van der Waals surface area contributed by atoms with E-state index in [1.807, 2.05) is 61.5 Å². The van der Waals surface area contributed by atoms with Crippen molar-refractivity contribution in [2.45, 2.75) is 6.92 Å². The van der Waals surface area contributed by atoms with Crippen LogP contribution in [-0.4, -0.2) is 31.6 Å². The third-order valence-corrected chi connectivity index (χ3v) is 7.19. The monoisotopic (exact) mass is 510 g/mol. The fraction of sp³-hybridized carbons (Fsp3) is 0.133. The van der Waals surface area contributed by atoms with Gasteiger partial charge in [-0.25, -0.2) is 4.98 Å². The summed E-state index contributed by atoms with van der Waals surface area (Å²) in [5.41, 5.74) is 11.0. The topological polar surface area (TPSA) is 83.7 Å². The Labute approximate surface area is 219 Å². The van der Waals surface area contributed by atoms with E-state index in [9.17, 15) is 4.79 Å². The minimum Gasteiger partial charge on any atom is -0.494 e. The Kier molecular flexibility index (Phi) is 6.79. The number of thiophene rings is 1. The number of hydrogen-bond donors (Lipinski definition) is 1. The van der Waals surface area contributed by atoms with Crippen molar-refractivity contribution in [1.29, 1.82) is 0 Å². The Bertz CT molecular complexity index is 1580. The molecule has 0 saturated heterocycles. The molecule has 0 unspecified atom stereocenters. The summed E-state index contributed by atoms with van der Waals surface area (Å²) >= 11 is 1.29. The largest absolute Gasteiger partial charge is 0.494 e. The van der Waals surface area contributed by atoms with Gasteiger partial charge in [0, 0.05) is 27.6 Å². The van der Waals surface area contributed by atoms with Gasteiger partial charge in [-0.15, -0.1) is 11.3 Å². The number of pyridine rings is 1. The maximum atomic E-state index is 13.5. The van der Waals surface area contributed by atoms with Gasteiger partial charge in [-0.05, 0) is 43.3 Å². The number of nitrogens with zero attached hydrogens (tertiary/aromatic N) is 1. The first-order valence-electron chi connectivity index (χ1n) is 11.8. The fourth-order valence-corrected chi connectivity index (χ4v) is 5.44. The third kappa shape index (κ3) is 4.49. The van der Waals surface area contributed by atoms with Crippen molar-refractivity contribution in [3.8, 4) is 39.6 Å². The number of anilines is 1. The van der Waals surface area contributed by atoms with E-state index in [4.69, 9.17) is 24.9 Å². The van der Waals surface area contributed by atoms with Crippen LogP contribution in [0, 0.1) is 0 Å². The first kappa shape index (κ1) is 24.3. The molecule has 0 saturated carbocycles. The van der Waals surface area contributed by atoms with Crippen LogP contribution in [0.1, 0.15) is 22.2 Å². The second-order valence-electron chi connectivity index (χ2n) is 8.27. The lowest BCUT2D eigenvalue weighted by molar-refractivity contribution is 0.104. The van der Waals surface area contributed by atoms with Crippen LogP contribution in [0.4, 0.5) is 5.69 Å².